The fraction of sp³-hybridized carbons (Fsp3) is 0.579. The van der Waals surface area contributed by atoms with E-state index in [2.05, 4.69) is 19.2 Å². The van der Waals surface area contributed by atoms with Crippen LogP contribution in [0.4, 0.5) is 0 Å². The minimum atomic E-state index is -0.883. The van der Waals surface area contributed by atoms with Crippen LogP contribution in [0.15, 0.2) is 18.2 Å². The highest BCUT2D eigenvalue weighted by molar-refractivity contribution is 5.94. The van der Waals surface area contributed by atoms with Gasteiger partial charge in [0.15, 0.2) is 11.5 Å². The Bertz CT molecular complexity index is 595. The summed E-state index contributed by atoms with van der Waals surface area (Å²) in [6.07, 6.45) is 1.28. The second-order valence-electron chi connectivity index (χ2n) is 7.09. The molecule has 0 bridgehead atoms. The molecule has 0 spiro atoms. The summed E-state index contributed by atoms with van der Waals surface area (Å²) in [5, 5.41) is 11.8. The minimum absolute atomic E-state index is 0.270. The first-order chi connectivity index (χ1) is 11.7. The van der Waals surface area contributed by atoms with Gasteiger partial charge < -0.3 is 19.9 Å². The molecule has 6 nitrogen and oxygen atoms in total. The Kier molecular flexibility index (Phi) is 7.74. The number of carbonyl (C=O) groups is 2. The molecule has 0 aliphatic heterocycles. The molecular formula is C19H29NO5. The van der Waals surface area contributed by atoms with Gasteiger partial charge in [0.1, 0.15) is 0 Å². The Morgan fingerprint density at radius 2 is 1.92 bits per heavy atom. The maximum absolute atomic E-state index is 12.2. The monoisotopic (exact) mass is 351 g/mol. The molecule has 1 amide bonds. The number of ether oxygens (including phenoxy) is 2. The number of rotatable bonds is 10. The van der Waals surface area contributed by atoms with Gasteiger partial charge in [-0.3, -0.25) is 9.59 Å². The summed E-state index contributed by atoms with van der Waals surface area (Å²) in [7, 11) is 1.53. The summed E-state index contributed by atoms with van der Waals surface area (Å²) in [5.74, 6) is 0.500. The number of nitrogens with one attached hydrogen (secondary N) is 1. The number of methoxy groups -OCH3 is 1. The maximum atomic E-state index is 12.2. The van der Waals surface area contributed by atoms with E-state index in [1.54, 1.807) is 32.0 Å². The van der Waals surface area contributed by atoms with E-state index in [1.165, 1.54) is 7.11 Å². The lowest BCUT2D eigenvalue weighted by Crippen LogP contribution is -2.31. The lowest BCUT2D eigenvalue weighted by atomic mass is 9.90. The second-order valence-corrected chi connectivity index (χ2v) is 7.09. The average molecular weight is 351 g/mol. The van der Waals surface area contributed by atoms with E-state index in [1.807, 2.05) is 0 Å². The number of hydrogen-bond acceptors (Lipinski definition) is 4. The van der Waals surface area contributed by atoms with Gasteiger partial charge >= 0.3 is 5.97 Å². The molecule has 0 heterocycles. The smallest absolute Gasteiger partial charge is 0.309 e. The minimum Gasteiger partial charge on any atom is -0.493 e. The summed E-state index contributed by atoms with van der Waals surface area (Å²) < 4.78 is 11.0. The molecule has 25 heavy (non-hydrogen) atoms. The van der Waals surface area contributed by atoms with Gasteiger partial charge in [0.05, 0.1) is 19.1 Å². The largest absolute Gasteiger partial charge is 0.493 e. The van der Waals surface area contributed by atoms with E-state index in [4.69, 9.17) is 14.6 Å². The van der Waals surface area contributed by atoms with E-state index in [-0.39, 0.29) is 12.5 Å². The normalized spacial score (nSPS) is 11.3. The van der Waals surface area contributed by atoms with Crippen LogP contribution in [-0.2, 0) is 4.79 Å². The van der Waals surface area contributed by atoms with Gasteiger partial charge in [-0.05, 0) is 50.8 Å². The lowest BCUT2D eigenvalue weighted by Gasteiger charge is -2.19. The molecule has 0 radical (unpaired) electrons. The van der Waals surface area contributed by atoms with Crippen LogP contribution in [0.1, 0.15) is 50.9 Å². The van der Waals surface area contributed by atoms with Crippen LogP contribution < -0.4 is 14.8 Å². The molecule has 0 unspecified atom stereocenters. The third-order valence-corrected chi connectivity index (χ3v) is 3.99. The molecule has 0 saturated heterocycles. The number of hydrogen-bond donors (Lipinski definition) is 2. The van der Waals surface area contributed by atoms with Gasteiger partial charge in [0.25, 0.3) is 5.91 Å². The fourth-order valence-corrected chi connectivity index (χ4v) is 2.03. The number of carboxylic acid groups (broad SMARTS) is 1. The molecule has 0 aromatic heterocycles. The van der Waals surface area contributed by atoms with Crippen molar-refractivity contribution in [2.24, 2.45) is 11.3 Å². The Balaban J connectivity index is 2.66. The first-order valence-electron chi connectivity index (χ1n) is 8.50. The zero-order valence-electron chi connectivity index (χ0n) is 15.7. The number of aliphatic carboxylic acids is 1. The molecule has 1 aromatic carbocycles. The number of carboxylic acids is 1. The van der Waals surface area contributed by atoms with Crippen LogP contribution >= 0.6 is 0 Å². The molecular weight excluding hydrogens is 322 g/mol. The van der Waals surface area contributed by atoms with Crippen LogP contribution in [-0.4, -0.2) is 37.2 Å². The van der Waals surface area contributed by atoms with Gasteiger partial charge in [-0.25, -0.2) is 0 Å². The van der Waals surface area contributed by atoms with Crippen LogP contribution in [0.25, 0.3) is 0 Å². The van der Waals surface area contributed by atoms with E-state index in [9.17, 15) is 9.59 Å². The first kappa shape index (κ1) is 20.8. The van der Waals surface area contributed by atoms with Crippen LogP contribution in [0.5, 0.6) is 11.5 Å². The van der Waals surface area contributed by atoms with Gasteiger partial charge in [-0.15, -0.1) is 0 Å². The summed E-state index contributed by atoms with van der Waals surface area (Å²) in [6.45, 7) is 8.39. The van der Waals surface area contributed by atoms with Gasteiger partial charge in [-0.1, -0.05) is 13.8 Å². The zero-order valence-corrected chi connectivity index (χ0v) is 15.7. The van der Waals surface area contributed by atoms with Crippen molar-refractivity contribution in [3.05, 3.63) is 23.8 Å². The second kappa shape index (κ2) is 9.30. The van der Waals surface area contributed by atoms with Crippen LogP contribution in [0.2, 0.25) is 0 Å². The average Bonchev–Trinajstić information content (AvgIpc) is 2.54. The van der Waals surface area contributed by atoms with Crippen molar-refractivity contribution in [3.63, 3.8) is 0 Å². The molecule has 140 valence electrons. The van der Waals surface area contributed by atoms with Crippen molar-refractivity contribution in [1.29, 1.82) is 0 Å². The zero-order chi connectivity index (χ0) is 19.0. The lowest BCUT2D eigenvalue weighted by molar-refractivity contribution is -0.147. The molecule has 2 N–H and O–H groups in total. The van der Waals surface area contributed by atoms with E-state index in [0.29, 0.717) is 36.0 Å². The first-order valence-corrected chi connectivity index (χ1v) is 8.50. The summed E-state index contributed by atoms with van der Waals surface area (Å²) in [6, 6.07) is 5.02. The van der Waals surface area contributed by atoms with Crippen LogP contribution in [0, 0.1) is 11.3 Å². The third kappa shape index (κ3) is 6.64. The maximum Gasteiger partial charge on any atom is 0.309 e. The Labute approximate surface area is 149 Å². The van der Waals surface area contributed by atoms with Crippen molar-refractivity contribution in [3.8, 4) is 11.5 Å². The van der Waals surface area contributed by atoms with Gasteiger partial charge in [0.2, 0.25) is 0 Å². The molecule has 0 fully saturated rings. The van der Waals surface area contributed by atoms with Crippen molar-refractivity contribution < 1.29 is 24.2 Å². The fourth-order valence-electron chi connectivity index (χ4n) is 2.03. The van der Waals surface area contributed by atoms with Gasteiger partial charge in [0, 0.05) is 12.1 Å². The Hall–Kier alpha value is -2.24. The summed E-state index contributed by atoms with van der Waals surface area (Å²) in [4.78, 5) is 23.3. The highest BCUT2D eigenvalue weighted by Crippen LogP contribution is 2.28. The molecule has 0 atom stereocenters. The van der Waals surface area contributed by atoms with E-state index < -0.39 is 11.4 Å². The van der Waals surface area contributed by atoms with E-state index >= 15 is 0 Å². The summed E-state index contributed by atoms with van der Waals surface area (Å²) in [5.41, 5.74) is -0.430. The van der Waals surface area contributed by atoms with Gasteiger partial charge in [-0.2, -0.15) is 0 Å². The predicted octanol–water partition coefficient (Wildman–Crippen LogP) is 3.35. The third-order valence-electron chi connectivity index (χ3n) is 3.99. The Morgan fingerprint density at radius 1 is 1.24 bits per heavy atom. The topological polar surface area (TPSA) is 84.9 Å². The predicted molar refractivity (Wildman–Crippen MR) is 96.3 cm³/mol. The molecule has 0 saturated carbocycles. The molecule has 0 aliphatic carbocycles. The van der Waals surface area contributed by atoms with Crippen molar-refractivity contribution in [2.75, 3.05) is 20.3 Å². The Morgan fingerprint density at radius 3 is 2.48 bits per heavy atom. The van der Waals surface area contributed by atoms with Crippen molar-refractivity contribution in [2.45, 2.75) is 40.5 Å². The SMILES string of the molecule is COc1cc(C(=O)NCCC(C)(C)C(=O)O)ccc1OCCC(C)C. The number of benzene rings is 1. The molecule has 6 heteroatoms. The quantitative estimate of drug-likeness (QED) is 0.675. The van der Waals surface area contributed by atoms with E-state index in [0.717, 1.165) is 6.42 Å². The van der Waals surface area contributed by atoms with Crippen molar-refractivity contribution >= 4 is 11.9 Å². The molecule has 1 aromatic rings. The highest BCUT2D eigenvalue weighted by atomic mass is 16.5. The van der Waals surface area contributed by atoms with Crippen LogP contribution in [0.3, 0.4) is 0 Å². The molecule has 0 aliphatic rings. The molecule has 1 rings (SSSR count). The number of amides is 1. The van der Waals surface area contributed by atoms with Crippen molar-refractivity contribution in [1.82, 2.24) is 5.32 Å². The standard InChI is InChI=1S/C19H29NO5/c1-13(2)8-11-25-15-7-6-14(12-16(15)24-5)17(21)20-10-9-19(3,4)18(22)23/h6-7,12-13H,8-11H2,1-5H3,(H,20,21)(H,22,23). The number of carbonyl (C=O) groups excluding carboxylic acids is 1. The highest BCUT2D eigenvalue weighted by Gasteiger charge is 2.26. The summed E-state index contributed by atoms with van der Waals surface area (Å²) >= 11 is 0.